The number of nitrogens with zero attached hydrogens (tertiary/aromatic N) is 2. The first-order chi connectivity index (χ1) is 9.20. The molecule has 1 aromatic carbocycles. The summed E-state index contributed by atoms with van der Waals surface area (Å²) in [6.45, 7) is 4.59. The lowest BCUT2D eigenvalue weighted by Gasteiger charge is -2.36. The molecule has 96 valence electrons. The van der Waals surface area contributed by atoms with Crippen molar-refractivity contribution in [2.24, 2.45) is 5.92 Å². The van der Waals surface area contributed by atoms with Gasteiger partial charge in [-0.15, -0.1) is 0 Å². The van der Waals surface area contributed by atoms with Gasteiger partial charge in [-0.3, -0.25) is 9.69 Å². The monoisotopic (exact) mass is 253 g/mol. The lowest BCUT2D eigenvalue weighted by atomic mass is 10.00. The summed E-state index contributed by atoms with van der Waals surface area (Å²) in [5.74, 6) is -0.185. The molecule has 2 saturated heterocycles. The third kappa shape index (κ3) is 1.92. The summed E-state index contributed by atoms with van der Waals surface area (Å²) in [6, 6.07) is 12.1. The van der Waals surface area contributed by atoms with Crippen LogP contribution in [0.4, 0.5) is 0 Å². The number of hydrogen-bond acceptors (Lipinski definition) is 3. The minimum absolute atomic E-state index is 0.0325. The van der Waals surface area contributed by atoms with Crippen molar-refractivity contribution in [2.75, 3.05) is 0 Å². The van der Waals surface area contributed by atoms with E-state index in [1.54, 1.807) is 0 Å². The molecule has 3 rings (SSSR count). The number of amides is 1. The topological polar surface area (TPSA) is 56.1 Å². The van der Waals surface area contributed by atoms with E-state index in [-0.39, 0.29) is 23.9 Å². The van der Waals surface area contributed by atoms with Gasteiger partial charge in [0, 0.05) is 12.2 Å². The largest absolute Gasteiger partial charge is 0.327 e. The quantitative estimate of drug-likeness (QED) is 0.867. The molecule has 2 fully saturated rings. The molecule has 4 heteroatoms. The summed E-state index contributed by atoms with van der Waals surface area (Å²) in [7, 11) is 0. The SMILES string of the molecule is C=C1NC(=O)[C@@H]2C[C@H](C#N)[C@H]1N2Cc1ccccc1. The molecule has 4 nitrogen and oxygen atoms in total. The molecule has 3 atom stereocenters. The molecule has 2 bridgehead atoms. The van der Waals surface area contributed by atoms with Crippen LogP contribution in [0.25, 0.3) is 0 Å². The Morgan fingerprint density at radius 2 is 2.16 bits per heavy atom. The molecule has 19 heavy (non-hydrogen) atoms. The van der Waals surface area contributed by atoms with Crippen LogP contribution >= 0.6 is 0 Å². The highest BCUT2D eigenvalue weighted by molar-refractivity contribution is 5.85. The van der Waals surface area contributed by atoms with Crippen molar-refractivity contribution in [1.29, 1.82) is 5.26 Å². The predicted molar refractivity (Wildman–Crippen MR) is 70.6 cm³/mol. The Hall–Kier alpha value is -2.12. The van der Waals surface area contributed by atoms with E-state index in [2.05, 4.69) is 22.9 Å². The van der Waals surface area contributed by atoms with E-state index >= 15 is 0 Å². The number of piperazine rings is 1. The summed E-state index contributed by atoms with van der Waals surface area (Å²) in [5.41, 5.74) is 1.81. The zero-order valence-corrected chi connectivity index (χ0v) is 10.5. The summed E-state index contributed by atoms with van der Waals surface area (Å²) < 4.78 is 0. The molecule has 1 amide bonds. The minimum Gasteiger partial charge on any atom is -0.327 e. The Morgan fingerprint density at radius 1 is 1.42 bits per heavy atom. The first kappa shape index (κ1) is 11.9. The molecule has 0 saturated carbocycles. The molecular weight excluding hydrogens is 238 g/mol. The first-order valence-corrected chi connectivity index (χ1v) is 6.39. The molecule has 0 aromatic heterocycles. The lowest BCUT2D eigenvalue weighted by Crippen LogP contribution is -2.53. The van der Waals surface area contributed by atoms with E-state index in [0.29, 0.717) is 18.7 Å². The number of rotatable bonds is 2. The van der Waals surface area contributed by atoms with Crippen LogP contribution in [0.3, 0.4) is 0 Å². The number of fused-ring (bicyclic) bond motifs is 2. The van der Waals surface area contributed by atoms with Gasteiger partial charge in [0.05, 0.1) is 24.1 Å². The smallest absolute Gasteiger partial charge is 0.241 e. The summed E-state index contributed by atoms with van der Waals surface area (Å²) in [5, 5.41) is 12.0. The van der Waals surface area contributed by atoms with Crippen LogP contribution in [0.1, 0.15) is 12.0 Å². The van der Waals surface area contributed by atoms with E-state index in [0.717, 1.165) is 5.56 Å². The van der Waals surface area contributed by atoms with Gasteiger partial charge >= 0.3 is 0 Å². The standard InChI is InChI=1S/C15H15N3O/c1-10-14-12(8-16)7-13(15(19)17-10)18(14)9-11-5-3-2-4-6-11/h2-6,12-14H,1,7,9H2,(H,17,19)/t12-,13+,14+/m1/s1. The fourth-order valence-corrected chi connectivity index (χ4v) is 3.07. The van der Waals surface area contributed by atoms with Crippen molar-refractivity contribution in [2.45, 2.75) is 25.0 Å². The van der Waals surface area contributed by atoms with Crippen LogP contribution in [0.15, 0.2) is 42.6 Å². The number of nitrogens with one attached hydrogen (secondary N) is 1. The van der Waals surface area contributed by atoms with Crippen LogP contribution in [0.5, 0.6) is 0 Å². The van der Waals surface area contributed by atoms with Crippen molar-refractivity contribution in [3.63, 3.8) is 0 Å². The molecular formula is C15H15N3O. The molecule has 0 radical (unpaired) electrons. The van der Waals surface area contributed by atoms with E-state index in [1.165, 1.54) is 0 Å². The number of carbonyl (C=O) groups is 1. The Labute approximate surface area is 112 Å². The van der Waals surface area contributed by atoms with E-state index in [1.807, 2.05) is 30.3 Å². The maximum atomic E-state index is 12.0. The van der Waals surface area contributed by atoms with E-state index in [4.69, 9.17) is 0 Å². The van der Waals surface area contributed by atoms with Crippen LogP contribution in [-0.2, 0) is 11.3 Å². The second-order valence-electron chi connectivity index (χ2n) is 5.10. The zero-order valence-electron chi connectivity index (χ0n) is 10.5. The summed E-state index contributed by atoms with van der Waals surface area (Å²) in [4.78, 5) is 14.1. The Bertz CT molecular complexity index is 561. The highest BCUT2D eigenvalue weighted by atomic mass is 16.2. The van der Waals surface area contributed by atoms with Gasteiger partial charge in [-0.1, -0.05) is 36.9 Å². The molecule has 2 aliphatic rings. The van der Waals surface area contributed by atoms with Gasteiger partial charge in [-0.05, 0) is 12.0 Å². The maximum Gasteiger partial charge on any atom is 0.241 e. The van der Waals surface area contributed by atoms with Crippen molar-refractivity contribution in [3.8, 4) is 6.07 Å². The van der Waals surface area contributed by atoms with Gasteiger partial charge in [-0.2, -0.15) is 5.26 Å². The highest BCUT2D eigenvalue weighted by Gasteiger charge is 2.49. The van der Waals surface area contributed by atoms with Gasteiger partial charge in [0.15, 0.2) is 0 Å². The summed E-state index contributed by atoms with van der Waals surface area (Å²) >= 11 is 0. The molecule has 1 aromatic rings. The molecule has 1 N–H and O–H groups in total. The molecule has 2 heterocycles. The average molecular weight is 253 g/mol. The third-order valence-corrected chi connectivity index (χ3v) is 3.93. The number of carbonyl (C=O) groups excluding carboxylic acids is 1. The maximum absolute atomic E-state index is 12.0. The van der Waals surface area contributed by atoms with Gasteiger partial charge in [0.1, 0.15) is 0 Å². The van der Waals surface area contributed by atoms with Gasteiger partial charge in [0.2, 0.25) is 5.91 Å². The van der Waals surface area contributed by atoms with Crippen LogP contribution in [-0.4, -0.2) is 22.9 Å². The normalized spacial score (nSPS) is 29.9. The fraction of sp³-hybridized carbons (Fsp3) is 0.333. The van der Waals surface area contributed by atoms with Crippen molar-refractivity contribution < 1.29 is 4.79 Å². The first-order valence-electron chi connectivity index (χ1n) is 6.39. The minimum atomic E-state index is -0.208. The van der Waals surface area contributed by atoms with Gasteiger partial charge in [-0.25, -0.2) is 0 Å². The predicted octanol–water partition coefficient (Wildman–Crippen LogP) is 1.41. The Morgan fingerprint density at radius 3 is 2.84 bits per heavy atom. The van der Waals surface area contributed by atoms with Crippen molar-refractivity contribution >= 4 is 5.91 Å². The van der Waals surface area contributed by atoms with Gasteiger partial charge in [0.25, 0.3) is 0 Å². The van der Waals surface area contributed by atoms with Crippen LogP contribution in [0.2, 0.25) is 0 Å². The van der Waals surface area contributed by atoms with E-state index < -0.39 is 0 Å². The van der Waals surface area contributed by atoms with Crippen molar-refractivity contribution in [3.05, 3.63) is 48.2 Å². The Kier molecular flexibility index (Phi) is 2.84. The Balaban J connectivity index is 1.90. The number of benzene rings is 1. The van der Waals surface area contributed by atoms with Gasteiger partial charge < -0.3 is 5.32 Å². The second-order valence-corrected chi connectivity index (χ2v) is 5.10. The number of hydrogen-bond donors (Lipinski definition) is 1. The highest BCUT2D eigenvalue weighted by Crippen LogP contribution is 2.37. The molecule has 0 spiro atoms. The molecule has 2 aliphatic heterocycles. The van der Waals surface area contributed by atoms with E-state index in [9.17, 15) is 10.1 Å². The third-order valence-electron chi connectivity index (χ3n) is 3.93. The summed E-state index contributed by atoms with van der Waals surface area (Å²) in [6.07, 6.45) is 0.596. The average Bonchev–Trinajstić information content (AvgIpc) is 2.71. The van der Waals surface area contributed by atoms with Crippen LogP contribution in [0, 0.1) is 17.2 Å². The molecule has 0 unspecified atom stereocenters. The zero-order chi connectivity index (χ0) is 13.4. The number of nitriles is 1. The lowest BCUT2D eigenvalue weighted by molar-refractivity contribution is -0.127. The van der Waals surface area contributed by atoms with Crippen LogP contribution < -0.4 is 5.32 Å². The molecule has 0 aliphatic carbocycles. The second kappa shape index (κ2) is 4.52. The fourth-order valence-electron chi connectivity index (χ4n) is 3.07. The van der Waals surface area contributed by atoms with Crippen molar-refractivity contribution in [1.82, 2.24) is 10.2 Å².